The third kappa shape index (κ3) is 2.54. The van der Waals surface area contributed by atoms with Gasteiger partial charge in [-0.15, -0.1) is 0 Å². The number of nitrogens with zero attached hydrogens (tertiary/aromatic N) is 2. The molecule has 0 aliphatic rings. The molecule has 0 saturated carbocycles. The molecule has 2 rings (SSSR count). The predicted octanol–water partition coefficient (Wildman–Crippen LogP) is 3.21. The highest BCUT2D eigenvalue weighted by molar-refractivity contribution is 5.71. The van der Waals surface area contributed by atoms with Crippen LogP contribution < -0.4 is 11.1 Å². The first-order valence-corrected chi connectivity index (χ1v) is 5.63. The van der Waals surface area contributed by atoms with Gasteiger partial charge in [0.2, 0.25) is 0 Å². The fourth-order valence-corrected chi connectivity index (χ4v) is 1.78. The number of anilines is 3. The molecule has 0 bridgehead atoms. The van der Waals surface area contributed by atoms with E-state index in [-0.39, 0.29) is 5.69 Å². The van der Waals surface area contributed by atoms with Crippen LogP contribution in [-0.4, -0.2) is 9.78 Å². The molecule has 0 aliphatic carbocycles. The van der Waals surface area contributed by atoms with Gasteiger partial charge in [-0.25, -0.2) is 4.39 Å². The number of hydrogen-bond donors (Lipinski definition) is 2. The highest BCUT2D eigenvalue weighted by Gasteiger charge is 2.34. The van der Waals surface area contributed by atoms with Crippen LogP contribution in [0.3, 0.4) is 0 Å². The topological polar surface area (TPSA) is 55.9 Å². The van der Waals surface area contributed by atoms with E-state index in [4.69, 9.17) is 5.73 Å². The van der Waals surface area contributed by atoms with Gasteiger partial charge in [0.05, 0.1) is 16.9 Å². The summed E-state index contributed by atoms with van der Waals surface area (Å²) in [4.78, 5) is 0. The van der Waals surface area contributed by atoms with Crippen LogP contribution in [-0.2, 0) is 13.2 Å². The van der Waals surface area contributed by atoms with Gasteiger partial charge >= 0.3 is 6.18 Å². The molecule has 4 nitrogen and oxygen atoms in total. The number of aryl methyl sites for hydroxylation is 2. The standard InChI is InChI=1S/C12H12F4N4/c1-6-10(17)11(20(2)19-6)18-7-3-4-9(13)8(5-7)12(14,15)16/h3-5,18H,17H2,1-2H3. The zero-order chi connectivity index (χ0) is 15.1. The van der Waals surface area contributed by atoms with Crippen LogP contribution in [0.15, 0.2) is 18.2 Å². The molecule has 0 aliphatic heterocycles. The van der Waals surface area contributed by atoms with Crippen molar-refractivity contribution in [2.45, 2.75) is 13.1 Å². The number of nitrogen functional groups attached to an aromatic ring is 1. The third-order valence-corrected chi connectivity index (χ3v) is 2.80. The van der Waals surface area contributed by atoms with Gasteiger partial charge in [-0.05, 0) is 25.1 Å². The Labute approximate surface area is 112 Å². The molecule has 0 atom stereocenters. The second-order valence-electron chi connectivity index (χ2n) is 4.29. The molecular weight excluding hydrogens is 276 g/mol. The Kier molecular flexibility index (Phi) is 3.33. The number of benzene rings is 1. The predicted molar refractivity (Wildman–Crippen MR) is 67.0 cm³/mol. The fourth-order valence-electron chi connectivity index (χ4n) is 1.78. The maximum Gasteiger partial charge on any atom is 0.419 e. The van der Waals surface area contributed by atoms with E-state index in [1.807, 2.05) is 0 Å². The Morgan fingerprint density at radius 2 is 1.95 bits per heavy atom. The van der Waals surface area contributed by atoms with Crippen molar-refractivity contribution in [3.63, 3.8) is 0 Å². The summed E-state index contributed by atoms with van der Waals surface area (Å²) in [5.74, 6) is -0.973. The van der Waals surface area contributed by atoms with Crippen molar-refractivity contribution in [1.82, 2.24) is 9.78 Å². The second-order valence-corrected chi connectivity index (χ2v) is 4.29. The minimum atomic E-state index is -4.75. The van der Waals surface area contributed by atoms with Gasteiger partial charge < -0.3 is 11.1 Å². The van der Waals surface area contributed by atoms with Crippen LogP contribution in [0.4, 0.5) is 34.8 Å². The number of alkyl halides is 3. The van der Waals surface area contributed by atoms with Crippen LogP contribution in [0.2, 0.25) is 0 Å². The van der Waals surface area contributed by atoms with E-state index in [1.54, 1.807) is 14.0 Å². The molecule has 0 unspecified atom stereocenters. The molecule has 3 N–H and O–H groups in total. The summed E-state index contributed by atoms with van der Waals surface area (Å²) >= 11 is 0. The van der Waals surface area contributed by atoms with Crippen LogP contribution in [0.1, 0.15) is 11.3 Å². The summed E-state index contributed by atoms with van der Waals surface area (Å²) in [7, 11) is 1.60. The molecule has 20 heavy (non-hydrogen) atoms. The van der Waals surface area contributed by atoms with E-state index in [1.165, 1.54) is 10.7 Å². The Balaban J connectivity index is 2.40. The highest BCUT2D eigenvalue weighted by atomic mass is 19.4. The average Bonchev–Trinajstić information content (AvgIpc) is 2.57. The lowest BCUT2D eigenvalue weighted by Gasteiger charge is -2.12. The quantitative estimate of drug-likeness (QED) is 0.834. The molecule has 0 fully saturated rings. The second kappa shape index (κ2) is 4.69. The van der Waals surface area contributed by atoms with Gasteiger partial charge in [0.25, 0.3) is 0 Å². The van der Waals surface area contributed by atoms with Gasteiger partial charge in [-0.1, -0.05) is 0 Å². The number of nitrogens with two attached hydrogens (primary N) is 1. The number of aromatic nitrogens is 2. The molecule has 1 aromatic carbocycles. The largest absolute Gasteiger partial charge is 0.419 e. The molecule has 0 radical (unpaired) electrons. The van der Waals surface area contributed by atoms with Gasteiger partial charge in [0, 0.05) is 12.7 Å². The fraction of sp³-hybridized carbons (Fsp3) is 0.250. The van der Waals surface area contributed by atoms with Crippen LogP contribution in [0, 0.1) is 12.7 Å². The summed E-state index contributed by atoms with van der Waals surface area (Å²) < 4.78 is 52.4. The zero-order valence-corrected chi connectivity index (χ0v) is 10.7. The van der Waals surface area contributed by atoms with Crippen molar-refractivity contribution in [2.75, 3.05) is 11.1 Å². The van der Waals surface area contributed by atoms with Crippen LogP contribution in [0.5, 0.6) is 0 Å². The molecule has 8 heteroatoms. The Morgan fingerprint density at radius 1 is 1.30 bits per heavy atom. The van der Waals surface area contributed by atoms with Gasteiger partial charge in [0.15, 0.2) is 5.82 Å². The van der Waals surface area contributed by atoms with E-state index >= 15 is 0 Å². The number of rotatable bonds is 2. The molecule has 0 spiro atoms. The molecule has 2 aromatic rings. The van der Waals surface area contributed by atoms with Gasteiger partial charge in [-0.3, -0.25) is 4.68 Å². The van der Waals surface area contributed by atoms with E-state index in [2.05, 4.69) is 10.4 Å². The van der Waals surface area contributed by atoms with Crippen molar-refractivity contribution < 1.29 is 17.6 Å². The smallest absolute Gasteiger partial charge is 0.394 e. The van der Waals surface area contributed by atoms with E-state index in [0.29, 0.717) is 23.3 Å². The average molecular weight is 288 g/mol. The minimum absolute atomic E-state index is 0.0772. The first-order valence-electron chi connectivity index (χ1n) is 5.63. The van der Waals surface area contributed by atoms with Crippen LogP contribution >= 0.6 is 0 Å². The molecule has 1 aromatic heterocycles. The molecular formula is C12H12F4N4. The molecule has 0 amide bonds. The number of hydrogen-bond acceptors (Lipinski definition) is 3. The SMILES string of the molecule is Cc1nn(C)c(Nc2ccc(F)c(C(F)(F)F)c2)c1N. The molecule has 0 saturated heterocycles. The summed E-state index contributed by atoms with van der Waals surface area (Å²) in [6.07, 6.45) is -4.75. The van der Waals surface area contributed by atoms with E-state index in [0.717, 1.165) is 6.07 Å². The lowest BCUT2D eigenvalue weighted by atomic mass is 10.2. The van der Waals surface area contributed by atoms with E-state index in [9.17, 15) is 17.6 Å². The first kappa shape index (κ1) is 14.2. The Morgan fingerprint density at radius 3 is 2.45 bits per heavy atom. The minimum Gasteiger partial charge on any atom is -0.394 e. The van der Waals surface area contributed by atoms with Gasteiger partial charge in [0.1, 0.15) is 5.82 Å². The highest BCUT2D eigenvalue weighted by Crippen LogP contribution is 2.34. The van der Waals surface area contributed by atoms with Crippen molar-refractivity contribution in [3.8, 4) is 0 Å². The van der Waals surface area contributed by atoms with E-state index < -0.39 is 17.6 Å². The van der Waals surface area contributed by atoms with Crippen molar-refractivity contribution >= 4 is 17.2 Å². The maximum absolute atomic E-state index is 13.2. The Bertz CT molecular complexity index is 646. The third-order valence-electron chi connectivity index (χ3n) is 2.80. The summed E-state index contributed by atoms with van der Waals surface area (Å²) in [6, 6.07) is 2.65. The summed E-state index contributed by atoms with van der Waals surface area (Å²) in [5, 5.41) is 6.74. The maximum atomic E-state index is 13.2. The molecule has 1 heterocycles. The summed E-state index contributed by atoms with van der Waals surface area (Å²) in [5.41, 5.74) is 5.38. The van der Waals surface area contributed by atoms with Crippen molar-refractivity contribution in [2.24, 2.45) is 7.05 Å². The van der Waals surface area contributed by atoms with Crippen molar-refractivity contribution in [3.05, 3.63) is 35.3 Å². The first-order chi connectivity index (χ1) is 9.20. The Hall–Kier alpha value is -2.25. The molecule has 108 valence electrons. The van der Waals surface area contributed by atoms with Crippen LogP contribution in [0.25, 0.3) is 0 Å². The lowest BCUT2D eigenvalue weighted by molar-refractivity contribution is -0.139. The zero-order valence-electron chi connectivity index (χ0n) is 10.7. The lowest BCUT2D eigenvalue weighted by Crippen LogP contribution is -2.09. The monoisotopic (exact) mass is 288 g/mol. The number of halogens is 4. The number of nitrogens with one attached hydrogen (secondary N) is 1. The van der Waals surface area contributed by atoms with Gasteiger partial charge in [-0.2, -0.15) is 18.3 Å². The normalized spacial score (nSPS) is 11.7. The van der Waals surface area contributed by atoms with Crippen molar-refractivity contribution in [1.29, 1.82) is 0 Å². The summed E-state index contributed by atoms with van der Waals surface area (Å²) in [6.45, 7) is 1.67.